The van der Waals surface area contributed by atoms with E-state index in [4.69, 9.17) is 14.0 Å². The number of nitrogens with zero attached hydrogens (tertiary/aromatic N) is 3. The summed E-state index contributed by atoms with van der Waals surface area (Å²) in [6.45, 7) is 0.739. The summed E-state index contributed by atoms with van der Waals surface area (Å²) in [6.07, 6.45) is -1.92. The molecule has 1 unspecified atom stereocenters. The lowest BCUT2D eigenvalue weighted by Gasteiger charge is -2.15. The molecule has 1 aromatic carbocycles. The molecule has 37 heavy (non-hydrogen) atoms. The number of alkyl halides is 3. The number of ether oxygens (including phenoxy) is 3. The number of carbonyl (C=O) groups excluding carboxylic acids is 2. The van der Waals surface area contributed by atoms with Crippen LogP contribution < -0.4 is 14.8 Å². The van der Waals surface area contributed by atoms with E-state index in [2.05, 4.69) is 25.2 Å². The molecular formula is C24H23F3N4O6. The van der Waals surface area contributed by atoms with Crippen LogP contribution in [-0.4, -0.2) is 46.6 Å². The van der Waals surface area contributed by atoms with Gasteiger partial charge in [-0.2, -0.15) is 18.2 Å². The predicted molar refractivity (Wildman–Crippen MR) is 121 cm³/mol. The highest BCUT2D eigenvalue weighted by atomic mass is 19.4. The molecule has 0 radical (unpaired) electrons. The van der Waals surface area contributed by atoms with E-state index >= 15 is 0 Å². The number of fused-ring (bicyclic) bond motifs is 1. The summed E-state index contributed by atoms with van der Waals surface area (Å²) in [6, 6.07) is 10.5. The first-order valence-electron chi connectivity index (χ1n) is 11.5. The number of aryl methyl sites for hydroxylation is 1. The van der Waals surface area contributed by atoms with Gasteiger partial charge in [-0.25, -0.2) is 9.78 Å². The van der Waals surface area contributed by atoms with Crippen LogP contribution in [0.15, 0.2) is 47.1 Å². The van der Waals surface area contributed by atoms with E-state index in [-0.39, 0.29) is 19.1 Å². The summed E-state index contributed by atoms with van der Waals surface area (Å²) in [7, 11) is 0. The normalized spacial score (nSPS) is 13.3. The molecule has 3 aromatic rings. The molecule has 1 aliphatic rings. The van der Waals surface area contributed by atoms with Crippen LogP contribution in [0.3, 0.4) is 0 Å². The Morgan fingerprint density at radius 2 is 1.95 bits per heavy atom. The van der Waals surface area contributed by atoms with E-state index in [0.717, 1.165) is 18.7 Å². The van der Waals surface area contributed by atoms with Crippen molar-refractivity contribution < 1.29 is 41.5 Å². The molecule has 0 saturated heterocycles. The van der Waals surface area contributed by atoms with Gasteiger partial charge in [-0.15, -0.1) is 0 Å². The summed E-state index contributed by atoms with van der Waals surface area (Å²) in [4.78, 5) is 31.8. The molecule has 0 aliphatic carbocycles. The van der Waals surface area contributed by atoms with Gasteiger partial charge >= 0.3 is 18.1 Å². The lowest BCUT2D eigenvalue weighted by molar-refractivity contribution is -0.202. The minimum atomic E-state index is -5.28. The summed E-state index contributed by atoms with van der Waals surface area (Å²) >= 11 is 0. The first-order valence-corrected chi connectivity index (χ1v) is 11.5. The Morgan fingerprint density at radius 3 is 2.73 bits per heavy atom. The highest BCUT2D eigenvalue weighted by molar-refractivity contribution is 5.88. The van der Waals surface area contributed by atoms with Gasteiger partial charge < -0.3 is 24.1 Å². The van der Waals surface area contributed by atoms with Crippen molar-refractivity contribution in [3.8, 4) is 11.5 Å². The first kappa shape index (κ1) is 25.9. The zero-order valence-electron chi connectivity index (χ0n) is 19.5. The van der Waals surface area contributed by atoms with Gasteiger partial charge in [0.25, 0.3) is 0 Å². The molecule has 2 aromatic heterocycles. The molecular weight excluding hydrogens is 497 g/mol. The fourth-order valence-electron chi connectivity index (χ4n) is 3.66. The van der Waals surface area contributed by atoms with Crippen LogP contribution in [0.5, 0.6) is 11.5 Å². The number of pyridine rings is 1. The average Bonchev–Trinajstić information content (AvgIpc) is 3.52. The van der Waals surface area contributed by atoms with Crippen molar-refractivity contribution in [2.75, 3.05) is 18.7 Å². The van der Waals surface area contributed by atoms with Gasteiger partial charge in [0, 0.05) is 31.5 Å². The van der Waals surface area contributed by atoms with Crippen LogP contribution in [0.4, 0.5) is 19.0 Å². The van der Waals surface area contributed by atoms with Gasteiger partial charge in [0.15, 0.2) is 17.3 Å². The number of carbonyl (C=O) groups is 2. The van der Waals surface area contributed by atoms with E-state index in [0.29, 0.717) is 35.9 Å². The van der Waals surface area contributed by atoms with Crippen LogP contribution in [0.25, 0.3) is 0 Å². The van der Waals surface area contributed by atoms with Crippen molar-refractivity contribution in [1.29, 1.82) is 0 Å². The fourth-order valence-corrected chi connectivity index (χ4v) is 3.66. The van der Waals surface area contributed by atoms with E-state index in [1.807, 2.05) is 18.2 Å². The van der Waals surface area contributed by atoms with E-state index in [1.165, 1.54) is 0 Å². The number of esters is 2. The van der Waals surface area contributed by atoms with E-state index in [9.17, 15) is 22.8 Å². The summed E-state index contributed by atoms with van der Waals surface area (Å²) in [5.41, 5.74) is 0.543. The molecule has 13 heteroatoms. The van der Waals surface area contributed by atoms with E-state index in [1.54, 1.807) is 24.4 Å². The molecule has 196 valence electrons. The molecule has 1 atom stereocenters. The minimum absolute atomic E-state index is 0.0238. The molecule has 0 amide bonds. The SMILES string of the molecule is O=C(CC(Cc1nc(CCCCNc2ccccn2)no1)c1ccc2c(c1)OCO2)OC(=O)C(F)(F)F. The lowest BCUT2D eigenvalue weighted by atomic mass is 9.92. The maximum Gasteiger partial charge on any atom is 0.491 e. The fraction of sp³-hybridized carbons (Fsp3) is 0.375. The Labute approximate surface area is 209 Å². The van der Waals surface area contributed by atoms with Gasteiger partial charge in [-0.05, 0) is 42.7 Å². The van der Waals surface area contributed by atoms with Crippen LogP contribution in [0.2, 0.25) is 0 Å². The van der Waals surface area contributed by atoms with Gasteiger partial charge in [0.2, 0.25) is 12.7 Å². The van der Waals surface area contributed by atoms with Crippen LogP contribution in [0, 0.1) is 0 Å². The number of hydrogen-bond donors (Lipinski definition) is 1. The predicted octanol–water partition coefficient (Wildman–Crippen LogP) is 3.98. The Kier molecular flexibility index (Phi) is 8.21. The number of nitrogens with one attached hydrogen (secondary N) is 1. The smallest absolute Gasteiger partial charge is 0.454 e. The van der Waals surface area contributed by atoms with Gasteiger partial charge in [0.05, 0.1) is 6.42 Å². The van der Waals surface area contributed by atoms with Crippen molar-refractivity contribution in [3.05, 3.63) is 59.9 Å². The standard InChI is InChI=1S/C24H23F3N4O6/c25-24(26,27)23(33)36-22(32)13-16(15-7-8-17-18(11-15)35-14-34-17)12-21-30-20(31-37-21)6-2-4-10-29-19-5-1-3-9-28-19/h1,3,5,7-9,11,16H,2,4,6,10,12-14H2,(H,28,29). The Bertz CT molecular complexity index is 1220. The highest BCUT2D eigenvalue weighted by Crippen LogP contribution is 2.36. The highest BCUT2D eigenvalue weighted by Gasteiger charge is 2.42. The van der Waals surface area contributed by atoms with Crippen molar-refractivity contribution in [2.24, 2.45) is 0 Å². The number of rotatable bonds is 11. The van der Waals surface area contributed by atoms with Crippen molar-refractivity contribution in [1.82, 2.24) is 15.1 Å². The van der Waals surface area contributed by atoms with Crippen LogP contribution in [0.1, 0.15) is 42.5 Å². The van der Waals surface area contributed by atoms with Crippen molar-refractivity contribution in [2.45, 2.75) is 44.2 Å². The number of hydrogen-bond acceptors (Lipinski definition) is 10. The zero-order valence-corrected chi connectivity index (χ0v) is 19.5. The van der Waals surface area contributed by atoms with E-state index < -0.39 is 30.5 Å². The third kappa shape index (κ3) is 7.41. The van der Waals surface area contributed by atoms with Crippen molar-refractivity contribution in [3.63, 3.8) is 0 Å². The van der Waals surface area contributed by atoms with Crippen LogP contribution in [-0.2, 0) is 27.2 Å². The van der Waals surface area contributed by atoms with Gasteiger partial charge in [-0.3, -0.25) is 4.79 Å². The molecule has 0 saturated carbocycles. The second kappa shape index (κ2) is 11.7. The lowest BCUT2D eigenvalue weighted by Crippen LogP contribution is -2.28. The molecule has 10 nitrogen and oxygen atoms in total. The Hall–Kier alpha value is -4.16. The van der Waals surface area contributed by atoms with Gasteiger partial charge in [0.1, 0.15) is 5.82 Å². The number of aromatic nitrogens is 3. The largest absolute Gasteiger partial charge is 0.491 e. The molecule has 1 N–H and O–H groups in total. The number of anilines is 1. The second-order valence-electron chi connectivity index (χ2n) is 8.18. The Morgan fingerprint density at radius 1 is 1.11 bits per heavy atom. The molecule has 0 spiro atoms. The quantitative estimate of drug-likeness (QED) is 0.225. The second-order valence-corrected chi connectivity index (χ2v) is 8.18. The maximum absolute atomic E-state index is 12.5. The summed E-state index contributed by atoms with van der Waals surface area (Å²) < 4.78 is 57.4. The molecule has 3 heterocycles. The maximum atomic E-state index is 12.5. The van der Waals surface area contributed by atoms with Gasteiger partial charge in [-0.1, -0.05) is 17.3 Å². The zero-order chi connectivity index (χ0) is 26.3. The molecule has 0 bridgehead atoms. The number of benzene rings is 1. The van der Waals surface area contributed by atoms with Crippen molar-refractivity contribution >= 4 is 17.8 Å². The monoisotopic (exact) mass is 520 g/mol. The summed E-state index contributed by atoms with van der Waals surface area (Å²) in [5.74, 6) is -2.26. The number of unbranched alkanes of at least 4 members (excludes halogenated alkanes) is 1. The molecule has 1 aliphatic heterocycles. The summed E-state index contributed by atoms with van der Waals surface area (Å²) in [5, 5.41) is 7.16. The third-order valence-electron chi connectivity index (χ3n) is 5.45. The minimum Gasteiger partial charge on any atom is -0.454 e. The first-order chi connectivity index (χ1) is 17.8. The van der Waals surface area contributed by atoms with Crippen LogP contribution >= 0.6 is 0 Å². The average molecular weight is 520 g/mol. The Balaban J connectivity index is 1.36. The number of halogens is 3. The molecule has 0 fully saturated rings. The topological polar surface area (TPSA) is 126 Å². The molecule has 4 rings (SSSR count). The third-order valence-corrected chi connectivity index (χ3v) is 5.45.